The third-order valence-electron chi connectivity index (χ3n) is 5.74. The first-order chi connectivity index (χ1) is 13.5. The van der Waals surface area contributed by atoms with Crippen LogP contribution in [-0.2, 0) is 13.0 Å². The zero-order chi connectivity index (χ0) is 19.8. The predicted molar refractivity (Wildman–Crippen MR) is 101 cm³/mol. The predicted octanol–water partition coefficient (Wildman–Crippen LogP) is 2.56. The molecular formula is C20H26FN5O2. The Morgan fingerprint density at radius 1 is 1.32 bits per heavy atom. The number of amides is 2. The summed E-state index contributed by atoms with van der Waals surface area (Å²) in [6, 6.07) is 6.47. The molecule has 0 aliphatic carbocycles. The third-order valence-corrected chi connectivity index (χ3v) is 5.74. The van der Waals surface area contributed by atoms with Crippen molar-refractivity contribution in [3.8, 4) is 0 Å². The second-order valence-corrected chi connectivity index (χ2v) is 7.91. The SMILES string of the molecule is CCc1noc(CN2C[C@@H]3CN(C(=O)N(C)C)[C@H](c4cccc(F)c4)[C@@H]3C2)n1. The number of benzene rings is 1. The van der Waals surface area contributed by atoms with Gasteiger partial charge in [0.25, 0.3) is 0 Å². The number of likely N-dealkylation sites (tertiary alicyclic amines) is 2. The molecule has 2 aromatic rings. The van der Waals surface area contributed by atoms with E-state index in [9.17, 15) is 9.18 Å². The van der Waals surface area contributed by atoms with Gasteiger partial charge in [0.1, 0.15) is 5.82 Å². The molecule has 2 aliphatic rings. The van der Waals surface area contributed by atoms with Gasteiger partial charge in [0, 0.05) is 46.1 Å². The summed E-state index contributed by atoms with van der Waals surface area (Å²) in [7, 11) is 3.51. The van der Waals surface area contributed by atoms with E-state index in [0.717, 1.165) is 30.9 Å². The zero-order valence-electron chi connectivity index (χ0n) is 16.5. The highest BCUT2D eigenvalue weighted by Gasteiger charge is 2.49. The molecule has 0 radical (unpaired) electrons. The maximum Gasteiger partial charge on any atom is 0.320 e. The van der Waals surface area contributed by atoms with E-state index < -0.39 is 0 Å². The van der Waals surface area contributed by atoms with Crippen molar-refractivity contribution >= 4 is 6.03 Å². The molecule has 3 heterocycles. The summed E-state index contributed by atoms with van der Waals surface area (Å²) in [6.45, 7) is 4.94. The minimum absolute atomic E-state index is 0.0281. The second-order valence-electron chi connectivity index (χ2n) is 7.91. The van der Waals surface area contributed by atoms with E-state index in [1.807, 2.05) is 17.9 Å². The number of aryl methyl sites for hydroxylation is 1. The number of hydrogen-bond acceptors (Lipinski definition) is 5. The molecule has 0 N–H and O–H groups in total. The lowest BCUT2D eigenvalue weighted by atomic mass is 9.89. The Morgan fingerprint density at radius 3 is 2.82 bits per heavy atom. The van der Waals surface area contributed by atoms with Crippen LogP contribution in [0, 0.1) is 17.7 Å². The molecule has 3 atom stereocenters. The van der Waals surface area contributed by atoms with Crippen LogP contribution >= 0.6 is 0 Å². The van der Waals surface area contributed by atoms with Gasteiger partial charge < -0.3 is 14.3 Å². The van der Waals surface area contributed by atoms with Gasteiger partial charge in [-0.1, -0.05) is 24.2 Å². The molecule has 2 aliphatic heterocycles. The average Bonchev–Trinajstić information content (AvgIpc) is 3.35. The minimum Gasteiger partial charge on any atom is -0.338 e. The van der Waals surface area contributed by atoms with Gasteiger partial charge in [0.05, 0.1) is 12.6 Å². The number of rotatable bonds is 4. The highest BCUT2D eigenvalue weighted by atomic mass is 19.1. The Kier molecular flexibility index (Phi) is 5.05. The molecule has 1 aromatic carbocycles. The van der Waals surface area contributed by atoms with Crippen molar-refractivity contribution in [2.75, 3.05) is 33.7 Å². The fraction of sp³-hybridized carbons (Fsp3) is 0.550. The van der Waals surface area contributed by atoms with Crippen LogP contribution in [0.15, 0.2) is 28.8 Å². The molecule has 1 aromatic heterocycles. The van der Waals surface area contributed by atoms with Crippen LogP contribution in [0.3, 0.4) is 0 Å². The Labute approximate surface area is 164 Å². The number of nitrogens with zero attached hydrogens (tertiary/aromatic N) is 5. The van der Waals surface area contributed by atoms with Gasteiger partial charge in [0.2, 0.25) is 5.89 Å². The number of halogens is 1. The molecule has 28 heavy (non-hydrogen) atoms. The smallest absolute Gasteiger partial charge is 0.320 e. The molecule has 8 heteroatoms. The standard InChI is InChI=1S/C20H26FN5O2/c1-4-17-22-18(28-23-17)12-25-9-14-10-26(20(27)24(2)3)19(16(14)11-25)13-6-5-7-15(21)8-13/h5-8,14,16,19H,4,9-12H2,1-3H3/t14-,16-,19-/m1/s1. The number of aromatic nitrogens is 2. The van der Waals surface area contributed by atoms with Gasteiger partial charge in [-0.05, 0) is 23.6 Å². The largest absolute Gasteiger partial charge is 0.338 e. The lowest BCUT2D eigenvalue weighted by molar-refractivity contribution is 0.149. The lowest BCUT2D eigenvalue weighted by Gasteiger charge is -2.31. The first-order valence-corrected chi connectivity index (χ1v) is 9.73. The summed E-state index contributed by atoms with van der Waals surface area (Å²) in [5.74, 6) is 1.66. The van der Waals surface area contributed by atoms with E-state index in [2.05, 4.69) is 15.0 Å². The summed E-state index contributed by atoms with van der Waals surface area (Å²) in [6.07, 6.45) is 0.748. The minimum atomic E-state index is -0.272. The Bertz CT molecular complexity index is 855. The van der Waals surface area contributed by atoms with Crippen molar-refractivity contribution in [1.82, 2.24) is 24.8 Å². The van der Waals surface area contributed by atoms with Gasteiger partial charge >= 0.3 is 6.03 Å². The number of fused-ring (bicyclic) bond motifs is 1. The summed E-state index contributed by atoms with van der Waals surface area (Å²) in [5.41, 5.74) is 0.857. The Hall–Kier alpha value is -2.48. The van der Waals surface area contributed by atoms with Crippen molar-refractivity contribution in [1.29, 1.82) is 0 Å². The van der Waals surface area contributed by atoms with Crippen LogP contribution in [0.2, 0.25) is 0 Å². The molecule has 4 rings (SSSR count). The fourth-order valence-corrected chi connectivity index (χ4v) is 4.53. The summed E-state index contributed by atoms with van der Waals surface area (Å²) >= 11 is 0. The molecule has 2 fully saturated rings. The molecule has 0 spiro atoms. The van der Waals surface area contributed by atoms with Gasteiger partial charge in [-0.3, -0.25) is 4.90 Å². The number of carbonyl (C=O) groups excluding carboxylic acids is 1. The van der Waals surface area contributed by atoms with E-state index in [1.165, 1.54) is 6.07 Å². The molecule has 2 amide bonds. The first-order valence-electron chi connectivity index (χ1n) is 9.73. The molecular weight excluding hydrogens is 361 g/mol. The lowest BCUT2D eigenvalue weighted by Crippen LogP contribution is -2.41. The summed E-state index contributed by atoms with van der Waals surface area (Å²) < 4.78 is 19.2. The van der Waals surface area contributed by atoms with Crippen LogP contribution in [-0.4, -0.2) is 64.6 Å². The maximum atomic E-state index is 13.9. The van der Waals surface area contributed by atoms with E-state index >= 15 is 0 Å². The van der Waals surface area contributed by atoms with E-state index in [4.69, 9.17) is 4.52 Å². The van der Waals surface area contributed by atoms with Crippen LogP contribution in [0.1, 0.15) is 30.2 Å². The highest BCUT2D eigenvalue weighted by Crippen LogP contribution is 2.45. The van der Waals surface area contributed by atoms with Crippen molar-refractivity contribution in [2.45, 2.75) is 25.9 Å². The quantitative estimate of drug-likeness (QED) is 0.807. The molecule has 7 nitrogen and oxygen atoms in total. The molecule has 2 saturated heterocycles. The Morgan fingerprint density at radius 2 is 2.14 bits per heavy atom. The monoisotopic (exact) mass is 387 g/mol. The van der Waals surface area contributed by atoms with Crippen molar-refractivity contribution < 1.29 is 13.7 Å². The third kappa shape index (κ3) is 3.48. The van der Waals surface area contributed by atoms with Crippen LogP contribution < -0.4 is 0 Å². The van der Waals surface area contributed by atoms with Gasteiger partial charge in [-0.25, -0.2) is 9.18 Å². The van der Waals surface area contributed by atoms with Gasteiger partial charge in [0.15, 0.2) is 5.82 Å². The van der Waals surface area contributed by atoms with Crippen LogP contribution in [0.4, 0.5) is 9.18 Å². The number of urea groups is 1. The topological polar surface area (TPSA) is 65.7 Å². The second kappa shape index (κ2) is 7.50. The van der Waals surface area contributed by atoms with Gasteiger partial charge in [-0.2, -0.15) is 4.98 Å². The fourth-order valence-electron chi connectivity index (χ4n) is 4.53. The van der Waals surface area contributed by atoms with Crippen molar-refractivity contribution in [3.05, 3.63) is 47.4 Å². The van der Waals surface area contributed by atoms with E-state index in [-0.39, 0.29) is 23.8 Å². The van der Waals surface area contributed by atoms with Crippen molar-refractivity contribution in [2.24, 2.45) is 11.8 Å². The normalized spacial score (nSPS) is 24.6. The zero-order valence-corrected chi connectivity index (χ0v) is 16.5. The molecule has 0 bridgehead atoms. The van der Waals surface area contributed by atoms with Crippen molar-refractivity contribution in [3.63, 3.8) is 0 Å². The molecule has 0 saturated carbocycles. The van der Waals surface area contributed by atoms with Crippen LogP contribution in [0.5, 0.6) is 0 Å². The average molecular weight is 387 g/mol. The van der Waals surface area contributed by atoms with E-state index in [1.54, 1.807) is 31.1 Å². The molecule has 150 valence electrons. The first kappa shape index (κ1) is 18.9. The molecule has 0 unspecified atom stereocenters. The summed E-state index contributed by atoms with van der Waals surface area (Å²) in [5, 5.41) is 3.96. The number of hydrogen-bond donors (Lipinski definition) is 0. The van der Waals surface area contributed by atoms with Crippen LogP contribution in [0.25, 0.3) is 0 Å². The van der Waals surface area contributed by atoms with Gasteiger partial charge in [-0.15, -0.1) is 0 Å². The number of carbonyl (C=O) groups is 1. The Balaban J connectivity index is 1.55. The summed E-state index contributed by atoms with van der Waals surface area (Å²) in [4.78, 5) is 22.9. The van der Waals surface area contributed by atoms with E-state index in [0.29, 0.717) is 24.9 Å². The maximum absolute atomic E-state index is 13.9. The highest BCUT2D eigenvalue weighted by molar-refractivity contribution is 5.75.